The summed E-state index contributed by atoms with van der Waals surface area (Å²) in [6.07, 6.45) is 6.46. The molecule has 1 aromatic rings. The molecule has 1 aliphatic rings. The number of nitrogens with zero attached hydrogens (tertiary/aromatic N) is 2. The summed E-state index contributed by atoms with van der Waals surface area (Å²) in [5.74, 6) is 1.37. The van der Waals surface area contributed by atoms with Gasteiger partial charge in [0.1, 0.15) is 0 Å². The molecule has 1 aliphatic carbocycles. The van der Waals surface area contributed by atoms with Crippen molar-refractivity contribution in [2.75, 3.05) is 0 Å². The van der Waals surface area contributed by atoms with Crippen LogP contribution in [-0.2, 0) is 11.3 Å². The highest BCUT2D eigenvalue weighted by atomic mass is 16.4. The predicted octanol–water partition coefficient (Wildman–Crippen LogP) is 1.29. The summed E-state index contributed by atoms with van der Waals surface area (Å²) < 4.78 is 5.33. The Morgan fingerprint density at radius 1 is 1.42 bits per heavy atom. The van der Waals surface area contributed by atoms with Crippen molar-refractivity contribution in [1.82, 2.24) is 15.5 Å². The van der Waals surface area contributed by atoms with Crippen molar-refractivity contribution in [3.05, 3.63) is 11.8 Å². The second-order valence-electron chi connectivity index (χ2n) is 5.27. The summed E-state index contributed by atoms with van der Waals surface area (Å²) in [6, 6.07) is 0.116. The van der Waals surface area contributed by atoms with Crippen molar-refractivity contribution in [2.45, 2.75) is 58.0 Å². The molecule has 2 rings (SSSR count). The lowest BCUT2D eigenvalue weighted by Gasteiger charge is -2.30. The van der Waals surface area contributed by atoms with Crippen LogP contribution < -0.4 is 11.1 Å². The SMILES string of the molecule is Cc1nnc(CNC(CC(N)=O)C2CCCCC2)o1. The van der Waals surface area contributed by atoms with Gasteiger partial charge in [0, 0.05) is 19.4 Å². The normalized spacial score (nSPS) is 18.4. The summed E-state index contributed by atoms with van der Waals surface area (Å²) in [4.78, 5) is 11.2. The van der Waals surface area contributed by atoms with Gasteiger partial charge in [-0.3, -0.25) is 4.79 Å². The second-order valence-corrected chi connectivity index (χ2v) is 5.27. The van der Waals surface area contributed by atoms with E-state index in [-0.39, 0.29) is 11.9 Å². The average Bonchev–Trinajstić information content (AvgIpc) is 2.81. The monoisotopic (exact) mass is 266 g/mol. The molecule has 1 amide bonds. The van der Waals surface area contributed by atoms with E-state index in [0.29, 0.717) is 30.7 Å². The molecule has 0 aromatic carbocycles. The Bertz CT molecular complexity index is 413. The van der Waals surface area contributed by atoms with E-state index in [0.717, 1.165) is 12.8 Å². The van der Waals surface area contributed by atoms with E-state index in [1.807, 2.05) is 0 Å². The number of primary amides is 1. The van der Waals surface area contributed by atoms with E-state index in [4.69, 9.17) is 10.2 Å². The Balaban J connectivity index is 1.90. The molecule has 19 heavy (non-hydrogen) atoms. The molecule has 106 valence electrons. The van der Waals surface area contributed by atoms with E-state index in [1.54, 1.807) is 6.92 Å². The number of carbonyl (C=O) groups is 1. The largest absolute Gasteiger partial charge is 0.424 e. The highest BCUT2D eigenvalue weighted by Gasteiger charge is 2.25. The van der Waals surface area contributed by atoms with E-state index >= 15 is 0 Å². The van der Waals surface area contributed by atoms with Crippen LogP contribution in [0, 0.1) is 12.8 Å². The smallest absolute Gasteiger partial charge is 0.230 e. The van der Waals surface area contributed by atoms with Crippen molar-refractivity contribution in [3.8, 4) is 0 Å². The molecule has 0 spiro atoms. The number of rotatable bonds is 6. The minimum absolute atomic E-state index is 0.116. The fraction of sp³-hybridized carbons (Fsp3) is 0.769. The number of aromatic nitrogens is 2. The van der Waals surface area contributed by atoms with Crippen LogP contribution in [0.4, 0.5) is 0 Å². The molecule has 1 heterocycles. The lowest BCUT2D eigenvalue weighted by atomic mass is 9.82. The minimum Gasteiger partial charge on any atom is -0.424 e. The van der Waals surface area contributed by atoms with Crippen LogP contribution in [0.15, 0.2) is 4.42 Å². The third-order valence-electron chi connectivity index (χ3n) is 3.72. The third kappa shape index (κ3) is 4.31. The van der Waals surface area contributed by atoms with Gasteiger partial charge < -0.3 is 15.5 Å². The highest BCUT2D eigenvalue weighted by Crippen LogP contribution is 2.27. The lowest BCUT2D eigenvalue weighted by Crippen LogP contribution is -2.40. The molecule has 6 nitrogen and oxygen atoms in total. The maximum atomic E-state index is 11.2. The second kappa shape index (κ2) is 6.65. The van der Waals surface area contributed by atoms with Gasteiger partial charge in [0.05, 0.1) is 6.54 Å². The number of hydrogen-bond donors (Lipinski definition) is 2. The van der Waals surface area contributed by atoms with Gasteiger partial charge in [-0.25, -0.2) is 0 Å². The van der Waals surface area contributed by atoms with Crippen molar-refractivity contribution in [1.29, 1.82) is 0 Å². The van der Waals surface area contributed by atoms with Crippen LogP contribution in [0.5, 0.6) is 0 Å². The number of carbonyl (C=O) groups excluding carboxylic acids is 1. The topological polar surface area (TPSA) is 94.0 Å². The first-order valence-corrected chi connectivity index (χ1v) is 6.96. The first kappa shape index (κ1) is 14.0. The zero-order valence-electron chi connectivity index (χ0n) is 11.4. The van der Waals surface area contributed by atoms with Crippen LogP contribution in [0.2, 0.25) is 0 Å². The molecular formula is C13H22N4O2. The molecule has 1 unspecified atom stereocenters. The average molecular weight is 266 g/mol. The molecule has 1 saturated carbocycles. The first-order chi connectivity index (χ1) is 9.15. The van der Waals surface area contributed by atoms with Gasteiger partial charge in [0.15, 0.2) is 0 Å². The van der Waals surface area contributed by atoms with E-state index < -0.39 is 0 Å². The lowest BCUT2D eigenvalue weighted by molar-refractivity contribution is -0.118. The molecule has 3 N–H and O–H groups in total. The van der Waals surface area contributed by atoms with Gasteiger partial charge in [-0.05, 0) is 18.8 Å². The molecule has 0 saturated heterocycles. The number of nitrogens with one attached hydrogen (secondary N) is 1. The van der Waals surface area contributed by atoms with Crippen molar-refractivity contribution in [2.24, 2.45) is 11.7 Å². The summed E-state index contributed by atoms with van der Waals surface area (Å²) in [5, 5.41) is 11.1. The summed E-state index contributed by atoms with van der Waals surface area (Å²) in [7, 11) is 0. The Kier molecular flexibility index (Phi) is 4.90. The van der Waals surface area contributed by atoms with Crippen molar-refractivity contribution >= 4 is 5.91 Å². The van der Waals surface area contributed by atoms with Crippen LogP contribution >= 0.6 is 0 Å². The standard InChI is InChI=1S/C13H22N4O2/c1-9-16-17-13(19-9)8-15-11(7-12(14)18)10-5-3-2-4-6-10/h10-11,15H,2-8H2,1H3,(H2,14,18). The summed E-state index contributed by atoms with van der Waals surface area (Å²) >= 11 is 0. The maximum Gasteiger partial charge on any atom is 0.230 e. The van der Waals surface area contributed by atoms with Gasteiger partial charge in [-0.1, -0.05) is 19.3 Å². The van der Waals surface area contributed by atoms with Crippen LogP contribution in [0.25, 0.3) is 0 Å². The molecule has 1 atom stereocenters. The number of amides is 1. The number of nitrogens with two attached hydrogens (primary N) is 1. The van der Waals surface area contributed by atoms with Crippen LogP contribution in [0.3, 0.4) is 0 Å². The fourth-order valence-corrected chi connectivity index (χ4v) is 2.79. The minimum atomic E-state index is -0.259. The zero-order chi connectivity index (χ0) is 13.7. The van der Waals surface area contributed by atoms with Crippen LogP contribution in [0.1, 0.15) is 50.3 Å². The van der Waals surface area contributed by atoms with E-state index in [2.05, 4.69) is 15.5 Å². The zero-order valence-corrected chi connectivity index (χ0v) is 11.4. The Hall–Kier alpha value is -1.43. The van der Waals surface area contributed by atoms with E-state index in [1.165, 1.54) is 19.3 Å². The number of hydrogen-bond acceptors (Lipinski definition) is 5. The molecule has 6 heteroatoms. The Morgan fingerprint density at radius 3 is 2.74 bits per heavy atom. The molecule has 0 radical (unpaired) electrons. The fourth-order valence-electron chi connectivity index (χ4n) is 2.79. The molecular weight excluding hydrogens is 244 g/mol. The molecule has 1 fully saturated rings. The Morgan fingerprint density at radius 2 is 2.16 bits per heavy atom. The van der Waals surface area contributed by atoms with Gasteiger partial charge in [-0.2, -0.15) is 0 Å². The quantitative estimate of drug-likeness (QED) is 0.809. The van der Waals surface area contributed by atoms with E-state index in [9.17, 15) is 4.79 Å². The number of aryl methyl sites for hydroxylation is 1. The first-order valence-electron chi connectivity index (χ1n) is 6.96. The highest BCUT2D eigenvalue weighted by molar-refractivity contribution is 5.74. The van der Waals surface area contributed by atoms with Gasteiger partial charge in [0.25, 0.3) is 0 Å². The van der Waals surface area contributed by atoms with Crippen molar-refractivity contribution < 1.29 is 9.21 Å². The van der Waals surface area contributed by atoms with Crippen molar-refractivity contribution in [3.63, 3.8) is 0 Å². The van der Waals surface area contributed by atoms with Crippen LogP contribution in [-0.4, -0.2) is 22.1 Å². The molecule has 0 aliphatic heterocycles. The predicted molar refractivity (Wildman–Crippen MR) is 70.0 cm³/mol. The third-order valence-corrected chi connectivity index (χ3v) is 3.72. The molecule has 0 bridgehead atoms. The molecule has 1 aromatic heterocycles. The van der Waals surface area contributed by atoms with Gasteiger partial charge in [0.2, 0.25) is 17.7 Å². The maximum absolute atomic E-state index is 11.2. The van der Waals surface area contributed by atoms with Gasteiger partial charge in [-0.15, -0.1) is 10.2 Å². The summed E-state index contributed by atoms with van der Waals surface area (Å²) in [6.45, 7) is 2.26. The van der Waals surface area contributed by atoms with Gasteiger partial charge >= 0.3 is 0 Å². The Labute approximate surface area is 113 Å². The summed E-state index contributed by atoms with van der Waals surface area (Å²) in [5.41, 5.74) is 5.34.